The molecule has 2 aromatic carbocycles. The summed E-state index contributed by atoms with van der Waals surface area (Å²) < 4.78 is 52.6. The van der Waals surface area contributed by atoms with E-state index in [4.69, 9.17) is 9.15 Å². The predicted molar refractivity (Wildman–Crippen MR) is 104 cm³/mol. The highest BCUT2D eigenvalue weighted by atomic mass is 32.2. The number of benzene rings is 2. The van der Waals surface area contributed by atoms with Crippen molar-refractivity contribution in [2.75, 3.05) is 7.11 Å². The molecule has 4 rings (SSSR count). The van der Waals surface area contributed by atoms with Crippen LogP contribution < -0.4 is 15.1 Å². The summed E-state index contributed by atoms with van der Waals surface area (Å²) in [6, 6.07) is 11.7. The second-order valence-electron chi connectivity index (χ2n) is 6.16. The zero-order valence-electron chi connectivity index (χ0n) is 15.8. The molecule has 0 bridgehead atoms. The van der Waals surface area contributed by atoms with Gasteiger partial charge in [0.2, 0.25) is 5.16 Å². The molecule has 0 N–H and O–H groups in total. The van der Waals surface area contributed by atoms with Crippen molar-refractivity contribution < 1.29 is 27.1 Å². The molecule has 0 aliphatic heterocycles. The van der Waals surface area contributed by atoms with Crippen LogP contribution in [0.25, 0.3) is 16.7 Å². The Kier molecular flexibility index (Phi) is 5.55. The largest absolute Gasteiger partial charge is 0.573 e. The number of nitrogens with zero attached hydrogens (tertiary/aromatic N) is 4. The molecule has 0 saturated carbocycles. The highest BCUT2D eigenvalue weighted by molar-refractivity contribution is 7.98. The molecular formula is C19H13F3N4O4S. The van der Waals surface area contributed by atoms with Gasteiger partial charge in [0, 0.05) is 23.3 Å². The van der Waals surface area contributed by atoms with Gasteiger partial charge in [0.1, 0.15) is 17.1 Å². The lowest BCUT2D eigenvalue weighted by Crippen LogP contribution is -2.17. The summed E-state index contributed by atoms with van der Waals surface area (Å²) in [5, 5.41) is 12.6. The summed E-state index contributed by atoms with van der Waals surface area (Å²) in [5.41, 5.74) is 1.05. The molecule has 0 saturated heterocycles. The number of rotatable bonds is 6. The van der Waals surface area contributed by atoms with E-state index in [0.29, 0.717) is 33.5 Å². The van der Waals surface area contributed by atoms with Crippen LogP contribution in [0.5, 0.6) is 11.5 Å². The molecule has 160 valence electrons. The Labute approximate surface area is 176 Å². The first-order valence-electron chi connectivity index (χ1n) is 8.70. The van der Waals surface area contributed by atoms with Crippen LogP contribution >= 0.6 is 11.8 Å². The van der Waals surface area contributed by atoms with Gasteiger partial charge in [-0.3, -0.25) is 0 Å². The van der Waals surface area contributed by atoms with E-state index in [9.17, 15) is 18.0 Å². The van der Waals surface area contributed by atoms with Crippen molar-refractivity contribution in [3.63, 3.8) is 0 Å². The third-order valence-electron chi connectivity index (χ3n) is 4.15. The van der Waals surface area contributed by atoms with Crippen LogP contribution in [-0.4, -0.2) is 33.7 Å². The molecule has 0 aliphatic carbocycles. The zero-order valence-corrected chi connectivity index (χ0v) is 16.6. The van der Waals surface area contributed by atoms with Gasteiger partial charge < -0.3 is 13.9 Å². The average Bonchev–Trinajstić information content (AvgIpc) is 3.19. The van der Waals surface area contributed by atoms with E-state index < -0.39 is 12.0 Å². The van der Waals surface area contributed by atoms with E-state index in [1.165, 1.54) is 53.9 Å². The van der Waals surface area contributed by atoms with E-state index in [2.05, 4.69) is 20.3 Å². The van der Waals surface area contributed by atoms with Crippen molar-refractivity contribution in [2.24, 2.45) is 0 Å². The quantitative estimate of drug-likeness (QED) is 0.322. The number of thioether (sulfide) groups is 1. The second kappa shape index (κ2) is 8.30. The fourth-order valence-corrected chi connectivity index (χ4v) is 3.70. The Morgan fingerprint density at radius 1 is 1.10 bits per heavy atom. The minimum Gasteiger partial charge on any atom is -0.497 e. The van der Waals surface area contributed by atoms with Crippen LogP contribution in [0, 0.1) is 0 Å². The normalized spacial score (nSPS) is 11.6. The summed E-state index contributed by atoms with van der Waals surface area (Å²) in [5.74, 6) is 0.558. The van der Waals surface area contributed by atoms with Gasteiger partial charge in [-0.25, -0.2) is 4.79 Å². The van der Waals surface area contributed by atoms with Gasteiger partial charge in [-0.1, -0.05) is 11.8 Å². The second-order valence-corrected chi connectivity index (χ2v) is 7.10. The molecule has 0 spiro atoms. The SMILES string of the molecule is COc1ccc2c(CSc3nnnn3-c3ccc(OC(F)(F)F)cc3)cc(=O)oc2c1. The molecule has 8 nitrogen and oxygen atoms in total. The van der Waals surface area contributed by atoms with Gasteiger partial charge in [-0.05, 0) is 52.4 Å². The standard InChI is InChI=1S/C19H13F3N4O4S/c1-28-14-6-7-15-11(8-17(27)29-16(15)9-14)10-31-18-23-24-25-26(18)12-2-4-13(5-3-12)30-19(20,21)22/h2-9H,10H2,1H3. The summed E-state index contributed by atoms with van der Waals surface area (Å²) in [4.78, 5) is 11.9. The van der Waals surface area contributed by atoms with Crippen molar-refractivity contribution in [3.8, 4) is 17.2 Å². The summed E-state index contributed by atoms with van der Waals surface area (Å²) in [6.07, 6.45) is -4.77. The minimum absolute atomic E-state index is 0.351. The lowest BCUT2D eigenvalue weighted by Gasteiger charge is -2.10. The van der Waals surface area contributed by atoms with Crippen LogP contribution in [0.3, 0.4) is 0 Å². The number of hydrogen-bond acceptors (Lipinski definition) is 8. The molecule has 2 heterocycles. The number of halogens is 3. The van der Waals surface area contributed by atoms with E-state index in [1.54, 1.807) is 18.2 Å². The maximum atomic E-state index is 12.3. The highest BCUT2D eigenvalue weighted by Crippen LogP contribution is 2.29. The van der Waals surface area contributed by atoms with Crippen LogP contribution in [0.2, 0.25) is 0 Å². The van der Waals surface area contributed by atoms with Gasteiger partial charge in [0.05, 0.1) is 12.8 Å². The number of tetrazole rings is 1. The molecule has 0 aliphatic rings. The van der Waals surface area contributed by atoms with Crippen LogP contribution in [-0.2, 0) is 5.75 Å². The first kappa shape index (κ1) is 20.7. The van der Waals surface area contributed by atoms with Crippen LogP contribution in [0.4, 0.5) is 13.2 Å². The summed E-state index contributed by atoms with van der Waals surface area (Å²) in [7, 11) is 1.51. The topological polar surface area (TPSA) is 92.3 Å². The molecule has 0 fully saturated rings. The lowest BCUT2D eigenvalue weighted by atomic mass is 10.1. The van der Waals surface area contributed by atoms with E-state index in [-0.39, 0.29) is 5.75 Å². The van der Waals surface area contributed by atoms with Crippen molar-refractivity contribution in [2.45, 2.75) is 17.3 Å². The Morgan fingerprint density at radius 2 is 1.84 bits per heavy atom. The molecule has 31 heavy (non-hydrogen) atoms. The van der Waals surface area contributed by atoms with Gasteiger partial charge in [0.25, 0.3) is 0 Å². The fraction of sp³-hybridized carbons (Fsp3) is 0.158. The third-order valence-corrected chi connectivity index (χ3v) is 5.12. The number of aromatic nitrogens is 4. The highest BCUT2D eigenvalue weighted by Gasteiger charge is 2.31. The Morgan fingerprint density at radius 3 is 2.55 bits per heavy atom. The Balaban J connectivity index is 1.56. The first-order valence-corrected chi connectivity index (χ1v) is 9.69. The maximum Gasteiger partial charge on any atom is 0.573 e. The maximum absolute atomic E-state index is 12.3. The van der Waals surface area contributed by atoms with Crippen molar-refractivity contribution in [1.82, 2.24) is 20.2 Å². The summed E-state index contributed by atoms with van der Waals surface area (Å²) >= 11 is 1.25. The van der Waals surface area contributed by atoms with Gasteiger partial charge in [-0.2, -0.15) is 4.68 Å². The summed E-state index contributed by atoms with van der Waals surface area (Å²) in [6.45, 7) is 0. The Hall–Kier alpha value is -3.54. The number of hydrogen-bond donors (Lipinski definition) is 0. The van der Waals surface area contributed by atoms with Crippen LogP contribution in [0.1, 0.15) is 5.56 Å². The average molecular weight is 450 g/mol. The molecule has 0 unspecified atom stereocenters. The molecule has 12 heteroatoms. The smallest absolute Gasteiger partial charge is 0.497 e. The van der Waals surface area contributed by atoms with Crippen molar-refractivity contribution >= 4 is 22.7 Å². The van der Waals surface area contributed by atoms with E-state index in [0.717, 1.165) is 5.39 Å². The van der Waals surface area contributed by atoms with E-state index in [1.807, 2.05) is 0 Å². The van der Waals surface area contributed by atoms with Gasteiger partial charge >= 0.3 is 12.0 Å². The van der Waals surface area contributed by atoms with Gasteiger partial charge in [0.15, 0.2) is 0 Å². The number of ether oxygens (including phenoxy) is 2. The van der Waals surface area contributed by atoms with Crippen LogP contribution in [0.15, 0.2) is 62.9 Å². The van der Waals surface area contributed by atoms with E-state index >= 15 is 0 Å². The van der Waals surface area contributed by atoms with Gasteiger partial charge in [-0.15, -0.1) is 18.3 Å². The molecular weight excluding hydrogens is 437 g/mol. The number of alkyl halides is 3. The minimum atomic E-state index is -4.77. The molecule has 0 amide bonds. The predicted octanol–water partition coefficient (Wildman–Crippen LogP) is 3.97. The Bertz CT molecular complexity index is 1270. The molecule has 4 aromatic rings. The molecule has 0 atom stereocenters. The molecule has 2 aromatic heterocycles. The monoisotopic (exact) mass is 450 g/mol. The lowest BCUT2D eigenvalue weighted by molar-refractivity contribution is -0.274. The number of fused-ring (bicyclic) bond motifs is 1. The number of methoxy groups -OCH3 is 1. The third kappa shape index (κ3) is 4.79. The van der Waals surface area contributed by atoms with Crippen molar-refractivity contribution in [1.29, 1.82) is 0 Å². The first-order chi connectivity index (χ1) is 14.8. The zero-order chi connectivity index (χ0) is 22.0. The fourth-order valence-electron chi connectivity index (χ4n) is 2.82. The molecule has 0 radical (unpaired) electrons. The van der Waals surface area contributed by atoms with Crippen molar-refractivity contribution in [3.05, 3.63) is 64.5 Å².